The highest BCUT2D eigenvalue weighted by Gasteiger charge is 1.77. The summed E-state index contributed by atoms with van der Waals surface area (Å²) in [5.74, 6) is 0. The molecular formula is C7H13N. The van der Waals surface area contributed by atoms with Crippen LogP contribution in [0.5, 0.6) is 0 Å². The normalized spacial score (nSPS) is 13.1. The Morgan fingerprint density at radius 1 is 1.62 bits per heavy atom. The van der Waals surface area contributed by atoms with Gasteiger partial charge in [-0.25, -0.2) is 0 Å². The van der Waals surface area contributed by atoms with E-state index in [1.165, 1.54) is 5.71 Å². The standard InChI is InChI=1S/C7H13N/c1-4-6-8-7(3)5-2/h4,6H,5H2,1-3H3/b6-4+,8-7+. The maximum absolute atomic E-state index is 4.10. The summed E-state index contributed by atoms with van der Waals surface area (Å²) >= 11 is 0. The number of nitrogens with zero attached hydrogens (tertiary/aromatic N) is 1. The van der Waals surface area contributed by atoms with Gasteiger partial charge in [0.1, 0.15) is 0 Å². The maximum atomic E-state index is 4.10. The highest BCUT2D eigenvalue weighted by molar-refractivity contribution is 5.82. The van der Waals surface area contributed by atoms with E-state index in [9.17, 15) is 0 Å². The summed E-state index contributed by atoms with van der Waals surface area (Å²) < 4.78 is 0. The number of allylic oxidation sites excluding steroid dienone is 1. The average Bonchev–Trinajstić information content (AvgIpc) is 1.83. The van der Waals surface area contributed by atoms with Crippen LogP contribution >= 0.6 is 0 Å². The predicted molar refractivity (Wildman–Crippen MR) is 38.2 cm³/mol. The van der Waals surface area contributed by atoms with Crippen LogP contribution in [-0.2, 0) is 0 Å². The van der Waals surface area contributed by atoms with Crippen LogP contribution in [-0.4, -0.2) is 5.71 Å². The van der Waals surface area contributed by atoms with E-state index in [1.54, 1.807) is 0 Å². The molecule has 0 aliphatic heterocycles. The molecule has 1 nitrogen and oxygen atoms in total. The second-order valence-electron chi connectivity index (χ2n) is 1.70. The van der Waals surface area contributed by atoms with E-state index in [0.717, 1.165) is 6.42 Å². The van der Waals surface area contributed by atoms with Crippen molar-refractivity contribution in [3.05, 3.63) is 12.3 Å². The van der Waals surface area contributed by atoms with Crippen molar-refractivity contribution in [3.8, 4) is 0 Å². The summed E-state index contributed by atoms with van der Waals surface area (Å²) in [7, 11) is 0. The van der Waals surface area contributed by atoms with E-state index in [-0.39, 0.29) is 0 Å². The Kier molecular flexibility index (Phi) is 4.23. The molecule has 46 valence electrons. The highest BCUT2D eigenvalue weighted by Crippen LogP contribution is 1.84. The number of rotatable bonds is 2. The molecule has 0 aromatic carbocycles. The van der Waals surface area contributed by atoms with Gasteiger partial charge < -0.3 is 0 Å². The molecule has 0 radical (unpaired) electrons. The van der Waals surface area contributed by atoms with E-state index < -0.39 is 0 Å². The van der Waals surface area contributed by atoms with E-state index in [0.29, 0.717) is 0 Å². The molecule has 1 heteroatoms. The molecule has 8 heavy (non-hydrogen) atoms. The van der Waals surface area contributed by atoms with E-state index in [4.69, 9.17) is 0 Å². The zero-order chi connectivity index (χ0) is 6.41. The van der Waals surface area contributed by atoms with Gasteiger partial charge in [0.15, 0.2) is 0 Å². The second kappa shape index (κ2) is 4.57. The molecule has 0 bridgehead atoms. The Hall–Kier alpha value is -0.590. The Morgan fingerprint density at radius 3 is 2.62 bits per heavy atom. The summed E-state index contributed by atoms with van der Waals surface area (Å²) in [5, 5.41) is 0. The van der Waals surface area contributed by atoms with Crippen molar-refractivity contribution in [3.63, 3.8) is 0 Å². The molecule has 0 saturated heterocycles. The number of aliphatic imine (C=N–C) groups is 1. The van der Waals surface area contributed by atoms with Crippen molar-refractivity contribution >= 4 is 5.71 Å². The topological polar surface area (TPSA) is 12.4 Å². The van der Waals surface area contributed by atoms with Gasteiger partial charge >= 0.3 is 0 Å². The molecular weight excluding hydrogens is 98.1 g/mol. The van der Waals surface area contributed by atoms with Crippen LogP contribution in [0, 0.1) is 0 Å². The van der Waals surface area contributed by atoms with Crippen molar-refractivity contribution in [2.45, 2.75) is 27.2 Å². The summed E-state index contributed by atoms with van der Waals surface area (Å²) in [5.41, 5.74) is 1.18. The molecule has 0 heterocycles. The van der Waals surface area contributed by atoms with Gasteiger partial charge in [-0.1, -0.05) is 13.0 Å². The first-order chi connectivity index (χ1) is 3.81. The zero-order valence-electron chi connectivity index (χ0n) is 5.81. The first-order valence-corrected chi connectivity index (χ1v) is 2.95. The SMILES string of the molecule is C/C=C/N=C(\C)CC. The fourth-order valence-electron chi connectivity index (χ4n) is 0.293. The van der Waals surface area contributed by atoms with Crippen molar-refractivity contribution in [2.75, 3.05) is 0 Å². The van der Waals surface area contributed by atoms with Crippen molar-refractivity contribution in [2.24, 2.45) is 4.99 Å². The summed E-state index contributed by atoms with van der Waals surface area (Å²) in [6.07, 6.45) is 4.79. The second-order valence-corrected chi connectivity index (χ2v) is 1.70. The van der Waals surface area contributed by atoms with Crippen LogP contribution in [0.25, 0.3) is 0 Å². The quantitative estimate of drug-likeness (QED) is 0.485. The largest absolute Gasteiger partial charge is 0.266 e. The minimum atomic E-state index is 1.05. The molecule has 0 saturated carbocycles. The Labute approximate surface area is 51.1 Å². The lowest BCUT2D eigenvalue weighted by Crippen LogP contribution is -1.83. The minimum absolute atomic E-state index is 1.05. The van der Waals surface area contributed by atoms with Crippen LogP contribution in [0.4, 0.5) is 0 Å². The smallest absolute Gasteiger partial charge is 0.0224 e. The van der Waals surface area contributed by atoms with Crippen LogP contribution in [0.3, 0.4) is 0 Å². The summed E-state index contributed by atoms with van der Waals surface area (Å²) in [4.78, 5) is 4.10. The first kappa shape index (κ1) is 7.41. The fourth-order valence-corrected chi connectivity index (χ4v) is 0.293. The van der Waals surface area contributed by atoms with Gasteiger partial charge in [0.25, 0.3) is 0 Å². The molecule has 0 aliphatic carbocycles. The lowest BCUT2D eigenvalue weighted by atomic mass is 10.3. The van der Waals surface area contributed by atoms with Crippen LogP contribution in [0.2, 0.25) is 0 Å². The van der Waals surface area contributed by atoms with E-state index >= 15 is 0 Å². The van der Waals surface area contributed by atoms with Gasteiger partial charge in [0.2, 0.25) is 0 Å². The van der Waals surface area contributed by atoms with Gasteiger partial charge in [-0.15, -0.1) is 0 Å². The first-order valence-electron chi connectivity index (χ1n) is 2.95. The molecule has 0 N–H and O–H groups in total. The Morgan fingerprint density at radius 2 is 2.25 bits per heavy atom. The third-order valence-electron chi connectivity index (χ3n) is 0.956. The lowest BCUT2D eigenvalue weighted by Gasteiger charge is -1.86. The van der Waals surface area contributed by atoms with Gasteiger partial charge in [-0.05, 0) is 20.3 Å². The van der Waals surface area contributed by atoms with E-state index in [2.05, 4.69) is 11.9 Å². The molecule has 0 aromatic heterocycles. The van der Waals surface area contributed by atoms with Gasteiger partial charge in [-0.3, -0.25) is 4.99 Å². The van der Waals surface area contributed by atoms with Crippen LogP contribution in [0.1, 0.15) is 27.2 Å². The van der Waals surface area contributed by atoms with Crippen LogP contribution < -0.4 is 0 Å². The van der Waals surface area contributed by atoms with Crippen molar-refractivity contribution in [1.82, 2.24) is 0 Å². The predicted octanol–water partition coefficient (Wildman–Crippen LogP) is 2.39. The molecule has 0 atom stereocenters. The average molecular weight is 111 g/mol. The molecule has 0 amide bonds. The minimum Gasteiger partial charge on any atom is -0.266 e. The monoisotopic (exact) mass is 111 g/mol. The molecule has 0 rings (SSSR count). The van der Waals surface area contributed by atoms with Crippen LogP contribution in [0.15, 0.2) is 17.3 Å². The number of hydrogen-bond donors (Lipinski definition) is 0. The van der Waals surface area contributed by atoms with Crippen molar-refractivity contribution < 1.29 is 0 Å². The molecule has 0 aromatic rings. The summed E-state index contributed by atoms with van der Waals surface area (Å²) in [6.45, 7) is 6.09. The van der Waals surface area contributed by atoms with Gasteiger partial charge in [0.05, 0.1) is 0 Å². The van der Waals surface area contributed by atoms with Gasteiger partial charge in [-0.2, -0.15) is 0 Å². The summed E-state index contributed by atoms with van der Waals surface area (Å²) in [6, 6.07) is 0. The van der Waals surface area contributed by atoms with E-state index in [1.807, 2.05) is 26.1 Å². The van der Waals surface area contributed by atoms with Gasteiger partial charge in [0, 0.05) is 11.9 Å². The fraction of sp³-hybridized carbons (Fsp3) is 0.571. The highest BCUT2D eigenvalue weighted by atomic mass is 14.7. The molecule has 0 aliphatic rings. The van der Waals surface area contributed by atoms with Crippen molar-refractivity contribution in [1.29, 1.82) is 0 Å². The Balaban J connectivity index is 3.57. The zero-order valence-corrected chi connectivity index (χ0v) is 5.81. The Bertz CT molecular complexity index is 101. The third-order valence-corrected chi connectivity index (χ3v) is 0.956. The molecule has 0 unspecified atom stereocenters. The lowest BCUT2D eigenvalue weighted by molar-refractivity contribution is 1.25. The molecule has 0 spiro atoms. The molecule has 0 fully saturated rings. The number of hydrogen-bond acceptors (Lipinski definition) is 1. The maximum Gasteiger partial charge on any atom is 0.0224 e. The third kappa shape index (κ3) is 3.59.